The van der Waals surface area contributed by atoms with E-state index in [1.54, 1.807) is 11.3 Å². The van der Waals surface area contributed by atoms with Gasteiger partial charge in [-0.25, -0.2) is 4.98 Å². The summed E-state index contributed by atoms with van der Waals surface area (Å²) in [5.41, 5.74) is 2.41. The van der Waals surface area contributed by atoms with Gasteiger partial charge in [-0.2, -0.15) is 0 Å². The van der Waals surface area contributed by atoms with Crippen LogP contribution >= 0.6 is 11.3 Å². The maximum atomic E-state index is 4.64. The number of aryl methyl sites for hydroxylation is 1. The van der Waals surface area contributed by atoms with Crippen molar-refractivity contribution >= 4 is 26.7 Å². The number of benzene rings is 1. The van der Waals surface area contributed by atoms with Crippen LogP contribution in [0.25, 0.3) is 10.2 Å². The summed E-state index contributed by atoms with van der Waals surface area (Å²) in [5.74, 6) is 0.865. The second kappa shape index (κ2) is 4.65. The Morgan fingerprint density at radius 2 is 2.18 bits per heavy atom. The van der Waals surface area contributed by atoms with Gasteiger partial charge < -0.3 is 5.32 Å². The number of fused-ring (bicyclic) bond motifs is 1. The zero-order valence-electron chi connectivity index (χ0n) is 10.2. The van der Waals surface area contributed by atoms with Gasteiger partial charge in [0.2, 0.25) is 0 Å². The summed E-state index contributed by atoms with van der Waals surface area (Å²) in [6, 6.07) is 6.48. The van der Waals surface area contributed by atoms with Gasteiger partial charge in [0.25, 0.3) is 0 Å². The first-order valence-electron chi connectivity index (χ1n) is 6.42. The topological polar surface area (TPSA) is 24.9 Å². The zero-order valence-corrected chi connectivity index (χ0v) is 11.0. The number of aromatic nitrogens is 1. The summed E-state index contributed by atoms with van der Waals surface area (Å²) in [6.07, 6.45) is 5.59. The largest absolute Gasteiger partial charge is 0.361 e. The van der Waals surface area contributed by atoms with Crippen molar-refractivity contribution in [3.8, 4) is 0 Å². The molecule has 0 aliphatic heterocycles. The van der Waals surface area contributed by atoms with Crippen LogP contribution in [0.5, 0.6) is 0 Å². The fraction of sp³-hybridized carbons (Fsp3) is 0.500. The highest BCUT2D eigenvalue weighted by Gasteiger charge is 2.15. The highest BCUT2D eigenvalue weighted by atomic mass is 32.1. The Bertz CT molecular complexity index is 512. The van der Waals surface area contributed by atoms with Crippen LogP contribution in [0.2, 0.25) is 0 Å². The SMILES string of the molecule is Cc1ccc2sc(NCC3CCCC3)nc2c1. The molecule has 0 unspecified atom stereocenters. The van der Waals surface area contributed by atoms with Gasteiger partial charge in [0.15, 0.2) is 5.13 Å². The summed E-state index contributed by atoms with van der Waals surface area (Å²) in [4.78, 5) is 4.64. The van der Waals surface area contributed by atoms with Crippen molar-refractivity contribution in [2.45, 2.75) is 32.6 Å². The third kappa shape index (κ3) is 2.44. The Morgan fingerprint density at radius 1 is 1.35 bits per heavy atom. The first-order valence-corrected chi connectivity index (χ1v) is 7.24. The van der Waals surface area contributed by atoms with Gasteiger partial charge in [-0.05, 0) is 43.4 Å². The van der Waals surface area contributed by atoms with Crippen LogP contribution in [0.3, 0.4) is 0 Å². The van der Waals surface area contributed by atoms with Crippen LogP contribution in [0.15, 0.2) is 18.2 Å². The molecule has 1 saturated carbocycles. The fourth-order valence-corrected chi connectivity index (χ4v) is 3.41. The van der Waals surface area contributed by atoms with E-state index in [1.807, 2.05) is 0 Å². The molecule has 1 heterocycles. The predicted molar refractivity (Wildman–Crippen MR) is 74.8 cm³/mol. The summed E-state index contributed by atoms with van der Waals surface area (Å²) in [6.45, 7) is 3.21. The van der Waals surface area contributed by atoms with E-state index in [1.165, 1.54) is 35.9 Å². The molecular weight excluding hydrogens is 228 g/mol. The van der Waals surface area contributed by atoms with Crippen molar-refractivity contribution in [3.63, 3.8) is 0 Å². The van der Waals surface area contributed by atoms with Gasteiger partial charge in [0.1, 0.15) is 0 Å². The summed E-state index contributed by atoms with van der Waals surface area (Å²) in [7, 11) is 0. The molecule has 17 heavy (non-hydrogen) atoms. The lowest BCUT2D eigenvalue weighted by molar-refractivity contribution is 0.580. The van der Waals surface area contributed by atoms with E-state index in [4.69, 9.17) is 0 Å². The maximum absolute atomic E-state index is 4.64. The van der Waals surface area contributed by atoms with E-state index in [0.29, 0.717) is 0 Å². The molecule has 2 nitrogen and oxygen atoms in total. The molecule has 0 atom stereocenters. The average Bonchev–Trinajstić information content (AvgIpc) is 2.94. The van der Waals surface area contributed by atoms with E-state index in [9.17, 15) is 0 Å². The molecule has 0 bridgehead atoms. The van der Waals surface area contributed by atoms with Crippen molar-refractivity contribution in [3.05, 3.63) is 23.8 Å². The predicted octanol–water partition coefficient (Wildman–Crippen LogP) is 4.21. The van der Waals surface area contributed by atoms with Crippen LogP contribution in [-0.2, 0) is 0 Å². The minimum Gasteiger partial charge on any atom is -0.361 e. The Balaban J connectivity index is 1.72. The van der Waals surface area contributed by atoms with Crippen molar-refractivity contribution in [2.24, 2.45) is 5.92 Å². The maximum Gasteiger partial charge on any atom is 0.183 e. The molecule has 1 aliphatic carbocycles. The van der Waals surface area contributed by atoms with Crippen LogP contribution in [0.1, 0.15) is 31.2 Å². The number of hydrogen-bond acceptors (Lipinski definition) is 3. The van der Waals surface area contributed by atoms with Gasteiger partial charge in [0, 0.05) is 6.54 Å². The zero-order chi connectivity index (χ0) is 11.7. The lowest BCUT2D eigenvalue weighted by Crippen LogP contribution is -2.10. The lowest BCUT2D eigenvalue weighted by atomic mass is 10.1. The van der Waals surface area contributed by atoms with Gasteiger partial charge in [-0.1, -0.05) is 30.2 Å². The van der Waals surface area contributed by atoms with Crippen LogP contribution in [0.4, 0.5) is 5.13 Å². The third-order valence-electron chi connectivity index (χ3n) is 3.56. The molecule has 2 aromatic rings. The summed E-state index contributed by atoms with van der Waals surface area (Å²) >= 11 is 1.77. The minimum atomic E-state index is 0.865. The number of anilines is 1. The molecule has 1 N–H and O–H groups in total. The van der Waals surface area contributed by atoms with Crippen molar-refractivity contribution in [1.82, 2.24) is 4.98 Å². The van der Waals surface area contributed by atoms with Crippen LogP contribution < -0.4 is 5.32 Å². The first kappa shape index (κ1) is 11.0. The monoisotopic (exact) mass is 246 g/mol. The van der Waals surface area contributed by atoms with E-state index in [-0.39, 0.29) is 0 Å². The number of rotatable bonds is 3. The molecule has 0 radical (unpaired) electrons. The van der Waals surface area contributed by atoms with E-state index < -0.39 is 0 Å². The smallest absolute Gasteiger partial charge is 0.183 e. The number of thiazole rings is 1. The van der Waals surface area contributed by atoms with Crippen LogP contribution in [-0.4, -0.2) is 11.5 Å². The van der Waals surface area contributed by atoms with E-state index in [2.05, 4.69) is 35.4 Å². The fourth-order valence-electron chi connectivity index (χ4n) is 2.56. The average molecular weight is 246 g/mol. The van der Waals surface area contributed by atoms with Crippen molar-refractivity contribution in [1.29, 1.82) is 0 Å². The molecule has 1 aromatic carbocycles. The highest BCUT2D eigenvalue weighted by molar-refractivity contribution is 7.22. The molecule has 1 aromatic heterocycles. The second-order valence-corrected chi connectivity index (χ2v) is 6.05. The number of hydrogen-bond donors (Lipinski definition) is 1. The molecule has 3 heteroatoms. The second-order valence-electron chi connectivity index (χ2n) is 5.02. The molecule has 1 aliphatic rings. The normalized spacial score (nSPS) is 16.8. The number of nitrogens with one attached hydrogen (secondary N) is 1. The van der Waals surface area contributed by atoms with Gasteiger partial charge >= 0.3 is 0 Å². The molecule has 0 spiro atoms. The highest BCUT2D eigenvalue weighted by Crippen LogP contribution is 2.29. The standard InChI is InChI=1S/C14H18N2S/c1-10-6-7-13-12(8-10)16-14(17-13)15-9-11-4-2-3-5-11/h6-8,11H,2-5,9H2,1H3,(H,15,16). The van der Waals surface area contributed by atoms with Crippen molar-refractivity contribution < 1.29 is 0 Å². The Kier molecular flexibility index (Phi) is 3.02. The van der Waals surface area contributed by atoms with Crippen LogP contribution in [0, 0.1) is 12.8 Å². The first-order chi connectivity index (χ1) is 8.31. The Labute approximate surface area is 106 Å². The third-order valence-corrected chi connectivity index (χ3v) is 4.55. The van der Waals surface area contributed by atoms with Gasteiger partial charge in [-0.3, -0.25) is 0 Å². The summed E-state index contributed by atoms with van der Waals surface area (Å²) in [5, 5.41) is 4.58. The van der Waals surface area contributed by atoms with Crippen molar-refractivity contribution in [2.75, 3.05) is 11.9 Å². The lowest BCUT2D eigenvalue weighted by Gasteiger charge is -2.08. The minimum absolute atomic E-state index is 0.865. The quantitative estimate of drug-likeness (QED) is 0.877. The van der Waals surface area contributed by atoms with Gasteiger partial charge in [-0.15, -0.1) is 0 Å². The van der Waals surface area contributed by atoms with E-state index >= 15 is 0 Å². The molecule has 0 amide bonds. The molecule has 0 saturated heterocycles. The molecule has 1 fully saturated rings. The molecular formula is C14H18N2S. The van der Waals surface area contributed by atoms with Gasteiger partial charge in [0.05, 0.1) is 10.2 Å². The van der Waals surface area contributed by atoms with E-state index in [0.717, 1.165) is 23.1 Å². The molecule has 90 valence electrons. The Morgan fingerprint density at radius 3 is 3.00 bits per heavy atom. The number of nitrogens with zero attached hydrogens (tertiary/aromatic N) is 1. The molecule has 3 rings (SSSR count). The summed E-state index contributed by atoms with van der Waals surface area (Å²) < 4.78 is 1.28. The Hall–Kier alpha value is -1.09.